The Bertz CT molecular complexity index is 402. The third kappa shape index (κ3) is 5.55. The summed E-state index contributed by atoms with van der Waals surface area (Å²) >= 11 is 5.39. The van der Waals surface area contributed by atoms with E-state index in [0.717, 1.165) is 16.6 Å². The highest BCUT2D eigenvalue weighted by Gasteiger charge is 2.13. The van der Waals surface area contributed by atoms with Gasteiger partial charge in [-0.1, -0.05) is 15.9 Å². The first kappa shape index (κ1) is 14.9. The molecule has 1 aromatic rings. The van der Waals surface area contributed by atoms with Gasteiger partial charge in [-0.2, -0.15) is 11.8 Å². The molecule has 2 rings (SSSR count). The van der Waals surface area contributed by atoms with E-state index in [1.807, 2.05) is 36.0 Å². The van der Waals surface area contributed by atoms with Gasteiger partial charge in [-0.05, 0) is 55.0 Å². The third-order valence-corrected chi connectivity index (χ3v) is 4.76. The number of halogens is 1. The maximum absolute atomic E-state index is 11.8. The number of hydrogen-bond donors (Lipinski definition) is 2. The van der Waals surface area contributed by atoms with Crippen molar-refractivity contribution >= 4 is 39.3 Å². The summed E-state index contributed by atoms with van der Waals surface area (Å²) in [4.78, 5) is 11.8. The standard InChI is InChI=1S/C14H19BrN2OS/c15-11-3-5-13(6-4-11)17-14(18)10-16-12-2-1-8-19-9-7-12/h3-6,12,16H,1-2,7-10H2,(H,17,18). The van der Waals surface area contributed by atoms with Crippen molar-refractivity contribution in [2.45, 2.75) is 25.3 Å². The number of thioether (sulfide) groups is 1. The normalized spacial score (nSPS) is 19.7. The first-order chi connectivity index (χ1) is 9.24. The molecule has 1 atom stereocenters. The molecule has 1 aliphatic rings. The molecular weight excluding hydrogens is 324 g/mol. The average Bonchev–Trinajstić information content (AvgIpc) is 2.68. The van der Waals surface area contributed by atoms with Crippen LogP contribution in [0.15, 0.2) is 28.7 Å². The minimum absolute atomic E-state index is 0.0271. The van der Waals surface area contributed by atoms with E-state index in [4.69, 9.17) is 0 Å². The monoisotopic (exact) mass is 342 g/mol. The minimum Gasteiger partial charge on any atom is -0.325 e. The van der Waals surface area contributed by atoms with Crippen LogP contribution in [-0.4, -0.2) is 30.0 Å². The Morgan fingerprint density at radius 2 is 2.05 bits per heavy atom. The number of anilines is 1. The number of hydrogen-bond acceptors (Lipinski definition) is 3. The summed E-state index contributed by atoms with van der Waals surface area (Å²) < 4.78 is 1.01. The van der Waals surface area contributed by atoms with Gasteiger partial charge in [0.1, 0.15) is 0 Å². The summed E-state index contributed by atoms with van der Waals surface area (Å²) in [6.07, 6.45) is 3.59. The lowest BCUT2D eigenvalue weighted by Crippen LogP contribution is -2.36. The van der Waals surface area contributed by atoms with Crippen LogP contribution < -0.4 is 10.6 Å². The fourth-order valence-electron chi connectivity index (χ4n) is 2.08. The molecule has 104 valence electrons. The predicted octanol–water partition coefficient (Wildman–Crippen LogP) is 3.26. The highest BCUT2D eigenvalue weighted by molar-refractivity contribution is 9.10. The van der Waals surface area contributed by atoms with Gasteiger partial charge in [0.15, 0.2) is 0 Å². The molecule has 1 saturated heterocycles. The van der Waals surface area contributed by atoms with Crippen molar-refractivity contribution in [3.8, 4) is 0 Å². The van der Waals surface area contributed by atoms with Crippen molar-refractivity contribution in [3.05, 3.63) is 28.7 Å². The summed E-state index contributed by atoms with van der Waals surface area (Å²) in [5.41, 5.74) is 0.839. The summed E-state index contributed by atoms with van der Waals surface area (Å²) in [5.74, 6) is 2.48. The average molecular weight is 343 g/mol. The Kier molecular flexibility index (Phi) is 6.20. The van der Waals surface area contributed by atoms with Gasteiger partial charge in [0.05, 0.1) is 6.54 Å². The third-order valence-electron chi connectivity index (χ3n) is 3.13. The van der Waals surface area contributed by atoms with Crippen LogP contribution in [0.5, 0.6) is 0 Å². The Balaban J connectivity index is 1.73. The lowest BCUT2D eigenvalue weighted by molar-refractivity contribution is -0.115. The summed E-state index contributed by atoms with van der Waals surface area (Å²) in [7, 11) is 0. The summed E-state index contributed by atoms with van der Waals surface area (Å²) in [6.45, 7) is 0.394. The molecule has 1 unspecified atom stereocenters. The fraction of sp³-hybridized carbons (Fsp3) is 0.500. The molecule has 1 amide bonds. The van der Waals surface area contributed by atoms with Crippen molar-refractivity contribution in [3.63, 3.8) is 0 Å². The molecule has 0 saturated carbocycles. The Labute approximate surface area is 127 Å². The van der Waals surface area contributed by atoms with Gasteiger partial charge >= 0.3 is 0 Å². The molecule has 0 radical (unpaired) electrons. The second kappa shape index (κ2) is 7.92. The number of amides is 1. The topological polar surface area (TPSA) is 41.1 Å². The SMILES string of the molecule is O=C(CNC1CCCSCC1)Nc1ccc(Br)cc1. The van der Waals surface area contributed by atoms with Crippen molar-refractivity contribution in [1.82, 2.24) is 5.32 Å². The number of nitrogens with one attached hydrogen (secondary N) is 2. The van der Waals surface area contributed by atoms with E-state index in [9.17, 15) is 4.79 Å². The molecule has 0 bridgehead atoms. The highest BCUT2D eigenvalue weighted by Crippen LogP contribution is 2.17. The molecule has 3 nitrogen and oxygen atoms in total. The minimum atomic E-state index is 0.0271. The zero-order valence-corrected chi connectivity index (χ0v) is 13.2. The van der Waals surface area contributed by atoms with E-state index in [0.29, 0.717) is 12.6 Å². The number of carbonyl (C=O) groups excluding carboxylic acids is 1. The van der Waals surface area contributed by atoms with Crippen LogP contribution in [0.3, 0.4) is 0 Å². The van der Waals surface area contributed by atoms with Crippen LogP contribution in [-0.2, 0) is 4.79 Å². The van der Waals surface area contributed by atoms with Crippen LogP contribution in [0.25, 0.3) is 0 Å². The van der Waals surface area contributed by atoms with E-state index in [1.165, 1.54) is 24.3 Å². The van der Waals surface area contributed by atoms with Gasteiger partial charge in [-0.15, -0.1) is 0 Å². The van der Waals surface area contributed by atoms with Gasteiger partial charge in [-0.25, -0.2) is 0 Å². The van der Waals surface area contributed by atoms with E-state index in [-0.39, 0.29) is 5.91 Å². The Morgan fingerprint density at radius 3 is 2.84 bits per heavy atom. The molecule has 1 heterocycles. The zero-order valence-electron chi connectivity index (χ0n) is 10.8. The molecule has 1 aliphatic heterocycles. The van der Waals surface area contributed by atoms with Crippen LogP contribution in [0.4, 0.5) is 5.69 Å². The van der Waals surface area contributed by atoms with Crippen LogP contribution in [0.1, 0.15) is 19.3 Å². The first-order valence-electron chi connectivity index (χ1n) is 6.60. The first-order valence-corrected chi connectivity index (χ1v) is 8.55. The lowest BCUT2D eigenvalue weighted by atomic mass is 10.1. The lowest BCUT2D eigenvalue weighted by Gasteiger charge is -2.15. The quantitative estimate of drug-likeness (QED) is 0.882. The molecule has 5 heteroatoms. The smallest absolute Gasteiger partial charge is 0.238 e. The van der Waals surface area contributed by atoms with Gasteiger partial charge in [0.2, 0.25) is 5.91 Å². The van der Waals surface area contributed by atoms with Crippen molar-refractivity contribution in [2.75, 3.05) is 23.4 Å². The molecule has 19 heavy (non-hydrogen) atoms. The largest absolute Gasteiger partial charge is 0.325 e. The highest BCUT2D eigenvalue weighted by atomic mass is 79.9. The molecule has 0 aliphatic carbocycles. The maximum Gasteiger partial charge on any atom is 0.238 e. The van der Waals surface area contributed by atoms with Gasteiger partial charge < -0.3 is 10.6 Å². The van der Waals surface area contributed by atoms with Gasteiger partial charge in [0, 0.05) is 16.2 Å². The summed E-state index contributed by atoms with van der Waals surface area (Å²) in [5, 5.41) is 6.26. The Hall–Kier alpha value is -0.520. The van der Waals surface area contributed by atoms with Crippen LogP contribution in [0, 0.1) is 0 Å². The molecule has 1 aromatic carbocycles. The van der Waals surface area contributed by atoms with E-state index < -0.39 is 0 Å². The molecule has 2 N–H and O–H groups in total. The fourth-order valence-corrected chi connectivity index (χ4v) is 3.37. The van der Waals surface area contributed by atoms with E-state index in [2.05, 4.69) is 26.6 Å². The van der Waals surface area contributed by atoms with E-state index >= 15 is 0 Å². The Morgan fingerprint density at radius 1 is 1.26 bits per heavy atom. The van der Waals surface area contributed by atoms with Gasteiger partial charge in [-0.3, -0.25) is 4.79 Å². The molecular formula is C14H19BrN2OS. The van der Waals surface area contributed by atoms with Crippen molar-refractivity contribution in [2.24, 2.45) is 0 Å². The van der Waals surface area contributed by atoms with Crippen LogP contribution >= 0.6 is 27.7 Å². The molecule has 0 aromatic heterocycles. The second-order valence-corrected chi connectivity index (χ2v) is 6.82. The number of carbonyl (C=O) groups is 1. The van der Waals surface area contributed by atoms with Crippen molar-refractivity contribution in [1.29, 1.82) is 0 Å². The number of rotatable bonds is 4. The maximum atomic E-state index is 11.8. The van der Waals surface area contributed by atoms with Crippen molar-refractivity contribution < 1.29 is 4.79 Å². The summed E-state index contributed by atoms with van der Waals surface area (Å²) in [6, 6.07) is 8.12. The van der Waals surface area contributed by atoms with Gasteiger partial charge in [0.25, 0.3) is 0 Å². The van der Waals surface area contributed by atoms with Crippen LogP contribution in [0.2, 0.25) is 0 Å². The second-order valence-electron chi connectivity index (χ2n) is 4.68. The number of benzene rings is 1. The molecule has 0 spiro atoms. The zero-order chi connectivity index (χ0) is 13.5. The van der Waals surface area contributed by atoms with E-state index in [1.54, 1.807) is 0 Å². The molecule has 1 fully saturated rings. The predicted molar refractivity (Wildman–Crippen MR) is 85.7 cm³/mol.